The van der Waals surface area contributed by atoms with Crippen LogP contribution < -0.4 is 5.32 Å². The Hall–Kier alpha value is -0.570. The van der Waals surface area contributed by atoms with Gasteiger partial charge in [-0.3, -0.25) is 4.79 Å². The fourth-order valence-electron chi connectivity index (χ4n) is 2.92. The maximum atomic E-state index is 11.5. The van der Waals surface area contributed by atoms with Crippen LogP contribution in [0.2, 0.25) is 0 Å². The Kier molecular flexibility index (Phi) is 3.29. The zero-order valence-corrected chi connectivity index (χ0v) is 9.55. The molecule has 2 fully saturated rings. The Balaban J connectivity index is 1.83. The van der Waals surface area contributed by atoms with E-state index in [2.05, 4.69) is 5.32 Å². The van der Waals surface area contributed by atoms with Gasteiger partial charge in [-0.05, 0) is 32.6 Å². The fraction of sp³-hybridized carbons (Fsp3) is 0.917. The van der Waals surface area contributed by atoms with E-state index in [4.69, 9.17) is 4.74 Å². The van der Waals surface area contributed by atoms with Gasteiger partial charge in [-0.25, -0.2) is 0 Å². The van der Waals surface area contributed by atoms with Crippen LogP contribution in [0, 0.1) is 5.92 Å². The standard InChI is InChI=1S/C12H21NO2/c1-2-15-11(14)10-5-8-12(13-9-10)6-3-4-7-12/h10,13H,2-9H2,1H3. The first-order valence-electron chi connectivity index (χ1n) is 6.17. The number of piperidine rings is 1. The van der Waals surface area contributed by atoms with E-state index in [1.54, 1.807) is 0 Å². The van der Waals surface area contributed by atoms with Crippen molar-refractivity contribution < 1.29 is 9.53 Å². The number of hydrogen-bond acceptors (Lipinski definition) is 3. The van der Waals surface area contributed by atoms with E-state index < -0.39 is 0 Å². The predicted octanol–water partition coefficient (Wildman–Crippen LogP) is 1.86. The average molecular weight is 211 g/mol. The number of carbonyl (C=O) groups excluding carboxylic acids is 1. The molecule has 86 valence electrons. The molecule has 1 aliphatic carbocycles. The van der Waals surface area contributed by atoms with Gasteiger partial charge in [0.05, 0.1) is 12.5 Å². The molecule has 1 spiro atoms. The van der Waals surface area contributed by atoms with Crippen LogP contribution in [-0.2, 0) is 9.53 Å². The Bertz CT molecular complexity index is 224. The highest BCUT2D eigenvalue weighted by Gasteiger charge is 2.39. The van der Waals surface area contributed by atoms with Crippen molar-refractivity contribution in [3.63, 3.8) is 0 Å². The normalized spacial score (nSPS) is 29.3. The number of hydrogen-bond donors (Lipinski definition) is 1. The van der Waals surface area contributed by atoms with Crippen LogP contribution in [0.3, 0.4) is 0 Å². The second-order valence-corrected chi connectivity index (χ2v) is 4.86. The summed E-state index contributed by atoms with van der Waals surface area (Å²) in [6.07, 6.45) is 7.43. The smallest absolute Gasteiger partial charge is 0.310 e. The Morgan fingerprint density at radius 1 is 1.40 bits per heavy atom. The summed E-state index contributed by atoms with van der Waals surface area (Å²) in [7, 11) is 0. The molecule has 0 radical (unpaired) electrons. The van der Waals surface area contributed by atoms with Crippen molar-refractivity contribution >= 4 is 5.97 Å². The number of nitrogens with one attached hydrogen (secondary N) is 1. The van der Waals surface area contributed by atoms with E-state index >= 15 is 0 Å². The van der Waals surface area contributed by atoms with E-state index in [9.17, 15) is 4.79 Å². The summed E-state index contributed by atoms with van der Waals surface area (Å²) in [5.74, 6) is 0.0778. The molecule has 3 heteroatoms. The Morgan fingerprint density at radius 2 is 2.13 bits per heavy atom. The van der Waals surface area contributed by atoms with Crippen LogP contribution in [0.1, 0.15) is 45.4 Å². The first-order chi connectivity index (χ1) is 7.26. The van der Waals surface area contributed by atoms with Gasteiger partial charge in [-0.2, -0.15) is 0 Å². The van der Waals surface area contributed by atoms with E-state index in [-0.39, 0.29) is 11.9 Å². The molecule has 1 aliphatic heterocycles. The predicted molar refractivity (Wildman–Crippen MR) is 58.6 cm³/mol. The minimum absolute atomic E-state index is 0.0159. The van der Waals surface area contributed by atoms with E-state index in [0.29, 0.717) is 12.1 Å². The Labute approximate surface area is 91.6 Å². The largest absolute Gasteiger partial charge is 0.466 e. The third-order valence-electron chi connectivity index (χ3n) is 3.88. The molecule has 2 rings (SSSR count). The highest BCUT2D eigenvalue weighted by molar-refractivity contribution is 5.72. The molecular weight excluding hydrogens is 190 g/mol. The molecule has 0 aromatic heterocycles. The zero-order valence-electron chi connectivity index (χ0n) is 9.55. The van der Waals surface area contributed by atoms with E-state index in [1.165, 1.54) is 25.7 Å². The van der Waals surface area contributed by atoms with Crippen molar-refractivity contribution in [3.8, 4) is 0 Å². The van der Waals surface area contributed by atoms with Crippen LogP contribution in [-0.4, -0.2) is 24.7 Å². The van der Waals surface area contributed by atoms with E-state index in [0.717, 1.165) is 19.4 Å². The molecule has 1 N–H and O–H groups in total. The summed E-state index contributed by atoms with van der Waals surface area (Å²) >= 11 is 0. The van der Waals surface area contributed by atoms with Crippen molar-refractivity contribution in [2.24, 2.45) is 5.92 Å². The summed E-state index contributed by atoms with van der Waals surface area (Å²) in [6, 6.07) is 0. The maximum absolute atomic E-state index is 11.5. The topological polar surface area (TPSA) is 38.3 Å². The first-order valence-corrected chi connectivity index (χ1v) is 6.17. The molecule has 1 saturated carbocycles. The SMILES string of the molecule is CCOC(=O)C1CCC2(CCCC2)NC1. The lowest BCUT2D eigenvalue weighted by atomic mass is 9.83. The summed E-state index contributed by atoms with van der Waals surface area (Å²) in [5, 5.41) is 3.58. The molecular formula is C12H21NO2. The quantitative estimate of drug-likeness (QED) is 0.709. The van der Waals surface area contributed by atoms with Crippen molar-refractivity contribution in [2.75, 3.05) is 13.2 Å². The number of ether oxygens (including phenoxy) is 1. The summed E-state index contributed by atoms with van der Waals surface area (Å²) in [4.78, 5) is 11.5. The minimum Gasteiger partial charge on any atom is -0.466 e. The van der Waals surface area contributed by atoms with Gasteiger partial charge in [0.15, 0.2) is 0 Å². The molecule has 0 aromatic rings. The van der Waals surface area contributed by atoms with Gasteiger partial charge >= 0.3 is 5.97 Å². The molecule has 1 atom stereocenters. The average Bonchev–Trinajstić information content (AvgIpc) is 2.68. The third kappa shape index (κ3) is 2.33. The lowest BCUT2D eigenvalue weighted by Crippen LogP contribution is -2.50. The van der Waals surface area contributed by atoms with Crippen LogP contribution in [0.25, 0.3) is 0 Å². The first kappa shape index (κ1) is 10.9. The summed E-state index contributed by atoms with van der Waals surface area (Å²) in [5.41, 5.74) is 0.378. The molecule has 3 nitrogen and oxygen atoms in total. The summed E-state index contributed by atoms with van der Waals surface area (Å²) in [6.45, 7) is 3.19. The second-order valence-electron chi connectivity index (χ2n) is 4.86. The highest BCUT2D eigenvalue weighted by atomic mass is 16.5. The molecule has 1 unspecified atom stereocenters. The third-order valence-corrected chi connectivity index (χ3v) is 3.88. The van der Waals surface area contributed by atoms with Crippen molar-refractivity contribution in [3.05, 3.63) is 0 Å². The van der Waals surface area contributed by atoms with E-state index in [1.807, 2.05) is 6.92 Å². The fourth-order valence-corrected chi connectivity index (χ4v) is 2.92. The molecule has 15 heavy (non-hydrogen) atoms. The van der Waals surface area contributed by atoms with Crippen LogP contribution in [0.15, 0.2) is 0 Å². The Morgan fingerprint density at radius 3 is 2.67 bits per heavy atom. The van der Waals surface area contributed by atoms with Crippen LogP contribution in [0.5, 0.6) is 0 Å². The lowest BCUT2D eigenvalue weighted by Gasteiger charge is -2.37. The zero-order chi connectivity index (χ0) is 10.7. The van der Waals surface area contributed by atoms with Gasteiger partial charge in [0.25, 0.3) is 0 Å². The van der Waals surface area contributed by atoms with Gasteiger partial charge in [-0.1, -0.05) is 12.8 Å². The highest BCUT2D eigenvalue weighted by Crippen LogP contribution is 2.37. The van der Waals surface area contributed by atoms with Crippen LogP contribution in [0.4, 0.5) is 0 Å². The molecule has 1 saturated heterocycles. The van der Waals surface area contributed by atoms with Gasteiger partial charge < -0.3 is 10.1 Å². The van der Waals surface area contributed by atoms with Crippen molar-refractivity contribution in [1.29, 1.82) is 0 Å². The summed E-state index contributed by atoms with van der Waals surface area (Å²) < 4.78 is 5.05. The molecule has 1 heterocycles. The van der Waals surface area contributed by atoms with Gasteiger partial charge in [0.2, 0.25) is 0 Å². The lowest BCUT2D eigenvalue weighted by molar-refractivity contribution is -0.149. The molecule has 0 bridgehead atoms. The maximum Gasteiger partial charge on any atom is 0.310 e. The molecule has 2 aliphatic rings. The number of carbonyl (C=O) groups is 1. The van der Waals surface area contributed by atoms with Crippen molar-refractivity contribution in [1.82, 2.24) is 5.32 Å². The van der Waals surface area contributed by atoms with Gasteiger partial charge in [-0.15, -0.1) is 0 Å². The van der Waals surface area contributed by atoms with Gasteiger partial charge in [0.1, 0.15) is 0 Å². The second kappa shape index (κ2) is 4.52. The molecule has 0 amide bonds. The number of rotatable bonds is 2. The minimum atomic E-state index is -0.0159. The van der Waals surface area contributed by atoms with Gasteiger partial charge in [0, 0.05) is 12.1 Å². The molecule has 0 aromatic carbocycles. The number of esters is 1. The van der Waals surface area contributed by atoms with Crippen molar-refractivity contribution in [2.45, 2.75) is 51.0 Å². The monoisotopic (exact) mass is 211 g/mol. The van der Waals surface area contributed by atoms with Crippen LogP contribution >= 0.6 is 0 Å².